The van der Waals surface area contributed by atoms with E-state index in [1.807, 2.05) is 32.0 Å². The first-order valence-corrected chi connectivity index (χ1v) is 6.87. The van der Waals surface area contributed by atoms with E-state index in [2.05, 4.69) is 6.07 Å². The summed E-state index contributed by atoms with van der Waals surface area (Å²) in [6.07, 6.45) is 1.56. The maximum Gasteiger partial charge on any atom is 0.137 e. The third-order valence-corrected chi connectivity index (χ3v) is 3.47. The molecule has 0 atom stereocenters. The van der Waals surface area contributed by atoms with Gasteiger partial charge in [-0.15, -0.1) is 0 Å². The fraction of sp³-hybridized carbons (Fsp3) is 0.278. The van der Waals surface area contributed by atoms with Gasteiger partial charge in [-0.1, -0.05) is 35.9 Å². The third kappa shape index (κ3) is 4.02. The number of Topliss-reactive ketones (excluding diaryl/α,β-unsaturated/α-hetero) is 1. The van der Waals surface area contributed by atoms with Crippen molar-refractivity contribution in [3.05, 3.63) is 70.5 Å². The Morgan fingerprint density at radius 2 is 1.90 bits per heavy atom. The molecule has 2 aromatic rings. The van der Waals surface area contributed by atoms with E-state index in [0.717, 1.165) is 17.5 Å². The molecule has 0 spiro atoms. The van der Waals surface area contributed by atoms with Crippen molar-refractivity contribution in [3.63, 3.8) is 0 Å². The summed E-state index contributed by atoms with van der Waals surface area (Å²) < 4.78 is 13.2. The Morgan fingerprint density at radius 1 is 1.10 bits per heavy atom. The highest BCUT2D eigenvalue weighted by Crippen LogP contribution is 2.13. The zero-order valence-corrected chi connectivity index (χ0v) is 11.9. The number of rotatable bonds is 5. The molecule has 20 heavy (non-hydrogen) atoms. The number of ketones is 1. The van der Waals surface area contributed by atoms with Gasteiger partial charge in [-0.3, -0.25) is 4.79 Å². The Morgan fingerprint density at radius 3 is 2.65 bits per heavy atom. The Balaban J connectivity index is 1.94. The van der Waals surface area contributed by atoms with E-state index < -0.39 is 0 Å². The van der Waals surface area contributed by atoms with Gasteiger partial charge in [0, 0.05) is 12.8 Å². The molecule has 104 valence electrons. The molecule has 0 bridgehead atoms. The normalized spacial score (nSPS) is 10.6. The molecule has 2 heteroatoms. The van der Waals surface area contributed by atoms with Gasteiger partial charge in [-0.25, -0.2) is 4.39 Å². The number of hydrogen-bond donors (Lipinski definition) is 0. The Kier molecular flexibility index (Phi) is 4.67. The zero-order valence-electron chi connectivity index (χ0n) is 11.9. The van der Waals surface area contributed by atoms with Crippen LogP contribution in [-0.4, -0.2) is 5.78 Å². The maximum absolute atomic E-state index is 13.2. The van der Waals surface area contributed by atoms with Crippen LogP contribution in [0, 0.1) is 19.7 Å². The summed E-state index contributed by atoms with van der Waals surface area (Å²) in [5.74, 6) is -0.128. The van der Waals surface area contributed by atoms with Crippen molar-refractivity contribution in [2.45, 2.75) is 33.1 Å². The van der Waals surface area contributed by atoms with Crippen LogP contribution in [0.5, 0.6) is 0 Å². The molecule has 0 radical (unpaired) electrons. The van der Waals surface area contributed by atoms with Crippen LogP contribution in [0.25, 0.3) is 0 Å². The first-order valence-electron chi connectivity index (χ1n) is 6.87. The van der Waals surface area contributed by atoms with Crippen LogP contribution < -0.4 is 0 Å². The SMILES string of the molecule is Cc1cccc(CCC(=O)Cc2cc(F)ccc2C)c1. The van der Waals surface area contributed by atoms with Gasteiger partial charge in [0.05, 0.1) is 0 Å². The molecule has 0 aromatic heterocycles. The van der Waals surface area contributed by atoms with Crippen molar-refractivity contribution >= 4 is 5.78 Å². The van der Waals surface area contributed by atoms with Crippen LogP contribution in [-0.2, 0) is 17.6 Å². The van der Waals surface area contributed by atoms with Gasteiger partial charge in [-0.2, -0.15) is 0 Å². The second-order valence-corrected chi connectivity index (χ2v) is 5.28. The quantitative estimate of drug-likeness (QED) is 0.796. The smallest absolute Gasteiger partial charge is 0.137 e. The lowest BCUT2D eigenvalue weighted by atomic mass is 9.99. The second kappa shape index (κ2) is 6.47. The number of benzene rings is 2. The number of aryl methyl sites for hydroxylation is 3. The molecule has 0 heterocycles. The zero-order chi connectivity index (χ0) is 14.5. The Hall–Kier alpha value is -1.96. The fourth-order valence-electron chi connectivity index (χ4n) is 2.28. The van der Waals surface area contributed by atoms with E-state index in [9.17, 15) is 9.18 Å². The molecule has 0 aliphatic carbocycles. The minimum absolute atomic E-state index is 0.153. The number of halogens is 1. The van der Waals surface area contributed by atoms with Gasteiger partial charge in [0.15, 0.2) is 0 Å². The van der Waals surface area contributed by atoms with E-state index in [1.165, 1.54) is 23.3 Å². The summed E-state index contributed by atoms with van der Waals surface area (Å²) in [7, 11) is 0. The molecule has 2 aromatic carbocycles. The Bertz CT molecular complexity index is 617. The van der Waals surface area contributed by atoms with Crippen molar-refractivity contribution in [3.8, 4) is 0 Å². The molecule has 0 N–H and O–H groups in total. The number of hydrogen-bond acceptors (Lipinski definition) is 1. The molecule has 0 amide bonds. The van der Waals surface area contributed by atoms with Gasteiger partial charge in [-0.05, 0) is 49.1 Å². The van der Waals surface area contributed by atoms with Crippen LogP contribution in [0.1, 0.15) is 28.7 Å². The lowest BCUT2D eigenvalue weighted by molar-refractivity contribution is -0.118. The van der Waals surface area contributed by atoms with E-state index in [1.54, 1.807) is 6.07 Å². The highest BCUT2D eigenvalue weighted by atomic mass is 19.1. The lowest BCUT2D eigenvalue weighted by Crippen LogP contribution is -2.06. The first kappa shape index (κ1) is 14.4. The molecule has 0 aliphatic rings. The summed E-state index contributed by atoms with van der Waals surface area (Å²) in [5.41, 5.74) is 4.14. The summed E-state index contributed by atoms with van der Waals surface area (Å²) >= 11 is 0. The van der Waals surface area contributed by atoms with Gasteiger partial charge < -0.3 is 0 Å². The minimum atomic E-state index is -0.280. The Labute approximate surface area is 119 Å². The summed E-state index contributed by atoms with van der Waals surface area (Å²) in [5, 5.41) is 0. The molecule has 0 unspecified atom stereocenters. The van der Waals surface area contributed by atoms with Crippen LogP contribution in [0.2, 0.25) is 0 Å². The third-order valence-electron chi connectivity index (χ3n) is 3.47. The van der Waals surface area contributed by atoms with E-state index in [4.69, 9.17) is 0 Å². The van der Waals surface area contributed by atoms with Crippen molar-refractivity contribution in [2.75, 3.05) is 0 Å². The molecule has 0 fully saturated rings. The standard InChI is InChI=1S/C18H19FO/c1-13-4-3-5-15(10-13)7-9-18(20)12-16-11-17(19)8-6-14(16)2/h3-6,8,10-11H,7,9,12H2,1-2H3. The number of carbonyl (C=O) groups is 1. The predicted molar refractivity (Wildman–Crippen MR) is 79.3 cm³/mol. The molecule has 0 saturated carbocycles. The van der Waals surface area contributed by atoms with Crippen molar-refractivity contribution < 1.29 is 9.18 Å². The number of carbonyl (C=O) groups excluding carboxylic acids is 1. The highest BCUT2D eigenvalue weighted by molar-refractivity contribution is 5.81. The largest absolute Gasteiger partial charge is 0.299 e. The van der Waals surface area contributed by atoms with E-state index in [0.29, 0.717) is 12.8 Å². The molecule has 0 aliphatic heterocycles. The molecule has 1 nitrogen and oxygen atoms in total. The average Bonchev–Trinajstić information content (AvgIpc) is 2.41. The van der Waals surface area contributed by atoms with Crippen LogP contribution in [0.3, 0.4) is 0 Å². The monoisotopic (exact) mass is 270 g/mol. The summed E-state index contributed by atoms with van der Waals surface area (Å²) in [6.45, 7) is 3.95. The summed E-state index contributed by atoms with van der Waals surface area (Å²) in [6, 6.07) is 12.8. The second-order valence-electron chi connectivity index (χ2n) is 5.28. The van der Waals surface area contributed by atoms with E-state index in [-0.39, 0.29) is 11.6 Å². The van der Waals surface area contributed by atoms with E-state index >= 15 is 0 Å². The van der Waals surface area contributed by atoms with Crippen LogP contribution in [0.15, 0.2) is 42.5 Å². The molecule has 0 saturated heterocycles. The maximum atomic E-state index is 13.2. The van der Waals surface area contributed by atoms with Gasteiger partial charge in [0.2, 0.25) is 0 Å². The molecular weight excluding hydrogens is 251 g/mol. The topological polar surface area (TPSA) is 17.1 Å². The first-order chi connectivity index (χ1) is 9.54. The van der Waals surface area contributed by atoms with Gasteiger partial charge in [0.25, 0.3) is 0 Å². The van der Waals surface area contributed by atoms with Gasteiger partial charge in [0.1, 0.15) is 11.6 Å². The minimum Gasteiger partial charge on any atom is -0.299 e. The average molecular weight is 270 g/mol. The van der Waals surface area contributed by atoms with Gasteiger partial charge >= 0.3 is 0 Å². The van der Waals surface area contributed by atoms with Crippen LogP contribution >= 0.6 is 0 Å². The fourth-order valence-corrected chi connectivity index (χ4v) is 2.28. The van der Waals surface area contributed by atoms with Crippen LogP contribution in [0.4, 0.5) is 4.39 Å². The lowest BCUT2D eigenvalue weighted by Gasteiger charge is -2.06. The van der Waals surface area contributed by atoms with Crippen molar-refractivity contribution in [1.82, 2.24) is 0 Å². The van der Waals surface area contributed by atoms with Crippen molar-refractivity contribution in [2.24, 2.45) is 0 Å². The summed E-state index contributed by atoms with van der Waals surface area (Å²) in [4.78, 5) is 12.0. The van der Waals surface area contributed by atoms with Crippen molar-refractivity contribution in [1.29, 1.82) is 0 Å². The molecular formula is C18H19FO. The predicted octanol–water partition coefficient (Wildman–Crippen LogP) is 4.19. The molecule has 2 rings (SSSR count). The highest BCUT2D eigenvalue weighted by Gasteiger charge is 2.08.